The van der Waals surface area contributed by atoms with Crippen LogP contribution in [0.4, 0.5) is 0 Å². The van der Waals surface area contributed by atoms with Crippen LogP contribution < -0.4 is 0 Å². The predicted octanol–water partition coefficient (Wildman–Crippen LogP) is 15.3. The van der Waals surface area contributed by atoms with Gasteiger partial charge in [-0.15, -0.1) is 0 Å². The molecule has 0 spiro atoms. The van der Waals surface area contributed by atoms with Crippen molar-refractivity contribution >= 4 is 17.9 Å². The number of carbonyl (C=O) groups excluding carboxylic acids is 3. The van der Waals surface area contributed by atoms with Gasteiger partial charge in [-0.3, -0.25) is 14.4 Å². The fourth-order valence-corrected chi connectivity index (χ4v) is 6.45. The van der Waals surface area contributed by atoms with Crippen molar-refractivity contribution in [3.63, 3.8) is 0 Å². The SMILES string of the molecule is CC/C=C\C/C=C\C/C=C\C/C=C\CCC(=O)OCC(COC(=O)CCCCCCCCCCCCCCC)OC(=O)CCCCCCC/C=C\CCCCCC. The Morgan fingerprint density at radius 2 is 0.719 bits per heavy atom. The summed E-state index contributed by atoms with van der Waals surface area (Å²) in [5.74, 6) is -0.992. The Morgan fingerprint density at radius 3 is 1.19 bits per heavy atom. The lowest BCUT2D eigenvalue weighted by Crippen LogP contribution is -2.30. The highest BCUT2D eigenvalue weighted by Crippen LogP contribution is 2.14. The molecule has 0 saturated carbocycles. The van der Waals surface area contributed by atoms with Crippen molar-refractivity contribution < 1.29 is 28.6 Å². The van der Waals surface area contributed by atoms with Crippen LogP contribution in [0.2, 0.25) is 0 Å². The molecule has 6 nitrogen and oxygen atoms in total. The zero-order valence-corrected chi connectivity index (χ0v) is 37.3. The predicted molar refractivity (Wildman–Crippen MR) is 242 cm³/mol. The fourth-order valence-electron chi connectivity index (χ4n) is 6.45. The van der Waals surface area contributed by atoms with E-state index in [2.05, 4.69) is 69.4 Å². The Bertz CT molecular complexity index is 1050. The summed E-state index contributed by atoms with van der Waals surface area (Å²) in [4.78, 5) is 37.8. The first kappa shape index (κ1) is 54.1. The van der Waals surface area contributed by atoms with Gasteiger partial charge in [-0.1, -0.05) is 197 Å². The zero-order valence-electron chi connectivity index (χ0n) is 37.3. The largest absolute Gasteiger partial charge is 0.462 e. The van der Waals surface area contributed by atoms with Crippen LogP contribution in [0.25, 0.3) is 0 Å². The van der Waals surface area contributed by atoms with Crippen molar-refractivity contribution in [1.82, 2.24) is 0 Å². The molecule has 0 aromatic heterocycles. The maximum absolute atomic E-state index is 12.7. The van der Waals surface area contributed by atoms with Crippen molar-refractivity contribution in [3.8, 4) is 0 Å². The number of unbranched alkanes of at least 4 members (excludes halogenated alkanes) is 21. The molecule has 0 N–H and O–H groups in total. The molecule has 57 heavy (non-hydrogen) atoms. The average molecular weight is 797 g/mol. The Hall–Kier alpha value is -2.89. The third-order valence-corrected chi connectivity index (χ3v) is 10.0. The molecule has 0 aliphatic carbocycles. The van der Waals surface area contributed by atoms with E-state index < -0.39 is 6.10 Å². The fraction of sp³-hybridized carbons (Fsp3) is 0.745. The van der Waals surface area contributed by atoms with Gasteiger partial charge in [-0.05, 0) is 70.6 Å². The van der Waals surface area contributed by atoms with Gasteiger partial charge in [0.05, 0.1) is 0 Å². The highest BCUT2D eigenvalue weighted by molar-refractivity contribution is 5.71. The lowest BCUT2D eigenvalue weighted by atomic mass is 10.0. The minimum absolute atomic E-state index is 0.0979. The molecule has 0 aliphatic rings. The Labute approximate surface area is 351 Å². The van der Waals surface area contributed by atoms with E-state index in [4.69, 9.17) is 14.2 Å². The van der Waals surface area contributed by atoms with Gasteiger partial charge in [0, 0.05) is 19.3 Å². The molecule has 0 radical (unpaired) electrons. The summed E-state index contributed by atoms with van der Waals surface area (Å²) < 4.78 is 16.7. The molecule has 6 heteroatoms. The molecule has 0 aromatic rings. The average Bonchev–Trinajstić information content (AvgIpc) is 3.21. The first-order chi connectivity index (χ1) is 28.0. The van der Waals surface area contributed by atoms with Crippen molar-refractivity contribution in [2.75, 3.05) is 13.2 Å². The Balaban J connectivity index is 4.48. The monoisotopic (exact) mass is 797 g/mol. The Morgan fingerprint density at radius 1 is 0.368 bits per heavy atom. The smallest absolute Gasteiger partial charge is 0.306 e. The second-order valence-corrected chi connectivity index (χ2v) is 15.6. The van der Waals surface area contributed by atoms with Gasteiger partial charge in [0.15, 0.2) is 6.10 Å². The van der Waals surface area contributed by atoms with Crippen LogP contribution in [0.5, 0.6) is 0 Å². The summed E-state index contributed by atoms with van der Waals surface area (Å²) in [6.45, 7) is 6.43. The normalized spacial score (nSPS) is 12.5. The first-order valence-electron chi connectivity index (χ1n) is 23.8. The summed E-state index contributed by atoms with van der Waals surface area (Å²) in [5, 5.41) is 0. The summed E-state index contributed by atoms with van der Waals surface area (Å²) >= 11 is 0. The van der Waals surface area contributed by atoms with E-state index in [0.717, 1.165) is 77.0 Å². The van der Waals surface area contributed by atoms with Gasteiger partial charge in [0.2, 0.25) is 0 Å². The van der Waals surface area contributed by atoms with E-state index in [0.29, 0.717) is 19.3 Å². The van der Waals surface area contributed by atoms with Gasteiger partial charge in [0.1, 0.15) is 13.2 Å². The van der Waals surface area contributed by atoms with E-state index in [-0.39, 0.29) is 37.5 Å². The third-order valence-electron chi connectivity index (χ3n) is 10.0. The lowest BCUT2D eigenvalue weighted by molar-refractivity contribution is -0.166. The van der Waals surface area contributed by atoms with E-state index in [1.807, 2.05) is 12.2 Å². The zero-order chi connectivity index (χ0) is 41.5. The molecular formula is C51H88O6. The van der Waals surface area contributed by atoms with Gasteiger partial charge < -0.3 is 14.2 Å². The molecule has 0 aromatic carbocycles. The molecule has 0 heterocycles. The molecule has 0 saturated heterocycles. The van der Waals surface area contributed by atoms with Crippen molar-refractivity contribution in [2.24, 2.45) is 0 Å². The van der Waals surface area contributed by atoms with Crippen LogP contribution in [0.1, 0.15) is 226 Å². The number of rotatable bonds is 42. The van der Waals surface area contributed by atoms with Crippen LogP contribution in [-0.4, -0.2) is 37.2 Å². The van der Waals surface area contributed by atoms with Crippen molar-refractivity contribution in [2.45, 2.75) is 232 Å². The Kier molecular flexibility index (Phi) is 43.5. The van der Waals surface area contributed by atoms with E-state index >= 15 is 0 Å². The first-order valence-corrected chi connectivity index (χ1v) is 23.8. The number of hydrogen-bond acceptors (Lipinski definition) is 6. The second-order valence-electron chi connectivity index (χ2n) is 15.6. The van der Waals surface area contributed by atoms with Crippen molar-refractivity contribution in [1.29, 1.82) is 0 Å². The third kappa shape index (κ3) is 44.1. The highest BCUT2D eigenvalue weighted by atomic mass is 16.6. The topological polar surface area (TPSA) is 78.9 Å². The summed E-state index contributed by atoms with van der Waals surface area (Å²) in [6, 6.07) is 0. The van der Waals surface area contributed by atoms with Crippen LogP contribution in [-0.2, 0) is 28.6 Å². The molecule has 1 atom stereocenters. The molecule has 0 bridgehead atoms. The van der Waals surface area contributed by atoms with E-state index in [9.17, 15) is 14.4 Å². The van der Waals surface area contributed by atoms with Gasteiger partial charge in [-0.2, -0.15) is 0 Å². The summed E-state index contributed by atoms with van der Waals surface area (Å²) in [5.41, 5.74) is 0. The summed E-state index contributed by atoms with van der Waals surface area (Å²) in [7, 11) is 0. The maximum atomic E-state index is 12.7. The van der Waals surface area contributed by atoms with E-state index in [1.54, 1.807) is 0 Å². The minimum Gasteiger partial charge on any atom is -0.462 e. The molecule has 328 valence electrons. The minimum atomic E-state index is -0.803. The number of esters is 3. The lowest BCUT2D eigenvalue weighted by Gasteiger charge is -2.18. The van der Waals surface area contributed by atoms with Gasteiger partial charge in [-0.25, -0.2) is 0 Å². The summed E-state index contributed by atoms with van der Waals surface area (Å²) in [6.07, 6.45) is 55.0. The standard InChI is InChI=1S/C51H88O6/c1-4-7-10-13-16-19-22-25-28-31-34-37-40-43-49(52)55-46-48(57-51(54)45-42-39-36-33-30-27-24-21-18-15-12-9-6-3)47-56-50(53)44-41-38-35-32-29-26-23-20-17-14-11-8-5-2/h7,10,16,19,21,24-25,28,34,37,48H,4-6,8-9,11-15,17-18,20,22-23,26-27,29-33,35-36,38-47H2,1-3H3/b10-7-,19-16-,24-21-,28-25-,37-34-. The van der Waals surface area contributed by atoms with Crippen LogP contribution in [0.3, 0.4) is 0 Å². The molecule has 0 amide bonds. The van der Waals surface area contributed by atoms with Crippen LogP contribution in [0, 0.1) is 0 Å². The molecule has 0 rings (SSSR count). The number of allylic oxidation sites excluding steroid dienone is 10. The number of carbonyl (C=O) groups is 3. The number of hydrogen-bond donors (Lipinski definition) is 0. The second kappa shape index (κ2) is 45.8. The van der Waals surface area contributed by atoms with Gasteiger partial charge >= 0.3 is 17.9 Å². The van der Waals surface area contributed by atoms with Crippen LogP contribution >= 0.6 is 0 Å². The molecule has 1 unspecified atom stereocenters. The quantitative estimate of drug-likeness (QED) is 0.0265. The highest BCUT2D eigenvalue weighted by Gasteiger charge is 2.19. The molecule has 0 aliphatic heterocycles. The maximum Gasteiger partial charge on any atom is 0.306 e. The number of ether oxygens (including phenoxy) is 3. The molecule has 0 fully saturated rings. The van der Waals surface area contributed by atoms with Crippen molar-refractivity contribution in [3.05, 3.63) is 60.8 Å². The van der Waals surface area contributed by atoms with E-state index in [1.165, 1.54) is 103 Å². The molecular weight excluding hydrogens is 709 g/mol. The van der Waals surface area contributed by atoms with Crippen LogP contribution in [0.15, 0.2) is 60.8 Å². The van der Waals surface area contributed by atoms with Gasteiger partial charge in [0.25, 0.3) is 0 Å².